The van der Waals surface area contributed by atoms with E-state index in [1.54, 1.807) is 6.07 Å². The van der Waals surface area contributed by atoms with E-state index >= 15 is 0 Å². The molecule has 2 aromatic rings. The predicted molar refractivity (Wildman–Crippen MR) is 76.2 cm³/mol. The van der Waals surface area contributed by atoms with E-state index in [-0.39, 0.29) is 10.0 Å². The topological polar surface area (TPSA) is 29.1 Å². The summed E-state index contributed by atoms with van der Waals surface area (Å²) in [5.41, 5.74) is 0.600. The van der Waals surface area contributed by atoms with Crippen LogP contribution < -0.4 is 5.32 Å². The fourth-order valence-electron chi connectivity index (χ4n) is 1.41. The van der Waals surface area contributed by atoms with Gasteiger partial charge in [-0.15, -0.1) is 0 Å². The first kappa shape index (κ1) is 14.1. The zero-order valence-corrected chi connectivity index (χ0v) is 12.6. The number of rotatable bonds is 2. The van der Waals surface area contributed by atoms with Gasteiger partial charge in [-0.1, -0.05) is 0 Å². The molecule has 0 saturated heterocycles. The Morgan fingerprint density at radius 2 is 1.68 bits per heavy atom. The Morgan fingerprint density at radius 1 is 0.947 bits per heavy atom. The maximum atomic E-state index is 13.3. The van der Waals surface area contributed by atoms with Crippen LogP contribution in [0.3, 0.4) is 0 Å². The van der Waals surface area contributed by atoms with Crippen molar-refractivity contribution < 1.29 is 13.6 Å². The molecule has 6 heteroatoms. The van der Waals surface area contributed by atoms with Crippen molar-refractivity contribution in [2.75, 3.05) is 5.32 Å². The van der Waals surface area contributed by atoms with E-state index in [1.165, 1.54) is 30.3 Å². The Bertz CT molecular complexity index is 647. The summed E-state index contributed by atoms with van der Waals surface area (Å²) < 4.78 is 26.9. The first-order valence-electron chi connectivity index (χ1n) is 5.19. The highest BCUT2D eigenvalue weighted by Crippen LogP contribution is 2.21. The second-order valence-corrected chi connectivity index (χ2v) is 5.42. The third-order valence-electron chi connectivity index (χ3n) is 2.36. The van der Waals surface area contributed by atoms with Crippen LogP contribution in [0.4, 0.5) is 14.5 Å². The molecule has 0 radical (unpaired) electrons. The summed E-state index contributed by atoms with van der Waals surface area (Å²) in [6.07, 6.45) is 0. The van der Waals surface area contributed by atoms with Crippen LogP contribution in [0.2, 0.25) is 0 Å². The van der Waals surface area contributed by atoms with E-state index in [1.807, 2.05) is 0 Å². The Hall–Kier alpha value is -1.27. The van der Waals surface area contributed by atoms with Crippen molar-refractivity contribution in [3.63, 3.8) is 0 Å². The maximum Gasteiger partial charge on any atom is 0.255 e. The number of halogens is 4. The highest BCUT2D eigenvalue weighted by atomic mass is 79.9. The number of hydrogen-bond donors (Lipinski definition) is 1. The van der Waals surface area contributed by atoms with E-state index in [0.717, 1.165) is 0 Å². The SMILES string of the molecule is O=C(Nc1ccc(Br)c(F)c1)c1ccc(F)c(Br)c1. The molecule has 0 spiro atoms. The molecule has 2 aromatic carbocycles. The zero-order valence-electron chi connectivity index (χ0n) is 9.38. The molecule has 0 atom stereocenters. The minimum absolute atomic E-state index is 0.196. The summed E-state index contributed by atoms with van der Waals surface area (Å²) in [7, 11) is 0. The lowest BCUT2D eigenvalue weighted by Crippen LogP contribution is -2.12. The largest absolute Gasteiger partial charge is 0.322 e. The van der Waals surface area contributed by atoms with Gasteiger partial charge >= 0.3 is 0 Å². The van der Waals surface area contributed by atoms with Crippen molar-refractivity contribution in [3.05, 3.63) is 62.5 Å². The summed E-state index contributed by atoms with van der Waals surface area (Å²) in [6.45, 7) is 0. The van der Waals surface area contributed by atoms with Crippen molar-refractivity contribution in [1.29, 1.82) is 0 Å². The Labute approximate surface area is 125 Å². The standard InChI is InChI=1S/C13H7Br2F2NO/c14-9-3-2-8(6-12(9)17)18-13(19)7-1-4-11(16)10(15)5-7/h1-6H,(H,18,19). The predicted octanol–water partition coefficient (Wildman–Crippen LogP) is 4.74. The molecular formula is C13H7Br2F2NO. The second-order valence-electron chi connectivity index (χ2n) is 3.71. The monoisotopic (exact) mass is 389 g/mol. The highest BCUT2D eigenvalue weighted by Gasteiger charge is 2.10. The summed E-state index contributed by atoms with van der Waals surface area (Å²) in [5, 5.41) is 2.53. The van der Waals surface area contributed by atoms with Gasteiger partial charge in [-0.05, 0) is 68.3 Å². The minimum Gasteiger partial charge on any atom is -0.322 e. The van der Waals surface area contributed by atoms with Gasteiger partial charge in [0, 0.05) is 11.3 Å². The number of anilines is 1. The lowest BCUT2D eigenvalue weighted by molar-refractivity contribution is 0.102. The van der Waals surface area contributed by atoms with Crippen LogP contribution in [0.5, 0.6) is 0 Å². The third kappa shape index (κ3) is 3.39. The number of carbonyl (C=O) groups is 1. The fraction of sp³-hybridized carbons (Fsp3) is 0. The van der Waals surface area contributed by atoms with Gasteiger partial charge in [0.2, 0.25) is 0 Å². The van der Waals surface area contributed by atoms with Crippen LogP contribution in [-0.4, -0.2) is 5.91 Å². The maximum absolute atomic E-state index is 13.3. The molecule has 98 valence electrons. The lowest BCUT2D eigenvalue weighted by atomic mass is 10.2. The van der Waals surface area contributed by atoms with Crippen LogP contribution in [0.25, 0.3) is 0 Å². The number of benzene rings is 2. The van der Waals surface area contributed by atoms with Gasteiger partial charge < -0.3 is 5.32 Å². The fourth-order valence-corrected chi connectivity index (χ4v) is 2.04. The molecule has 2 nitrogen and oxygen atoms in total. The lowest BCUT2D eigenvalue weighted by Gasteiger charge is -2.06. The van der Waals surface area contributed by atoms with Gasteiger partial charge in [-0.25, -0.2) is 8.78 Å². The number of hydrogen-bond acceptors (Lipinski definition) is 1. The smallest absolute Gasteiger partial charge is 0.255 e. The highest BCUT2D eigenvalue weighted by molar-refractivity contribution is 9.10. The summed E-state index contributed by atoms with van der Waals surface area (Å²) >= 11 is 6.02. The third-order valence-corrected chi connectivity index (χ3v) is 3.61. The molecule has 0 aliphatic heterocycles. The van der Waals surface area contributed by atoms with Gasteiger partial charge in [-0.2, -0.15) is 0 Å². The molecule has 0 aliphatic carbocycles. The molecule has 0 aliphatic rings. The van der Waals surface area contributed by atoms with Gasteiger partial charge in [0.15, 0.2) is 0 Å². The number of carbonyl (C=O) groups excluding carboxylic acids is 1. The van der Waals surface area contributed by atoms with E-state index in [2.05, 4.69) is 37.2 Å². The Kier molecular flexibility index (Phi) is 4.31. The summed E-state index contributed by atoms with van der Waals surface area (Å²) in [6, 6.07) is 8.14. The van der Waals surface area contributed by atoms with Crippen LogP contribution >= 0.6 is 31.9 Å². The second kappa shape index (κ2) is 5.79. The molecule has 2 rings (SSSR count). The van der Waals surface area contributed by atoms with Crippen LogP contribution in [0.15, 0.2) is 45.3 Å². The van der Waals surface area contributed by atoms with Crippen molar-refractivity contribution in [2.24, 2.45) is 0 Å². The molecule has 1 N–H and O–H groups in total. The molecule has 0 bridgehead atoms. The molecule has 0 aromatic heterocycles. The van der Waals surface area contributed by atoms with Gasteiger partial charge in [0.25, 0.3) is 5.91 Å². The van der Waals surface area contributed by atoms with Crippen LogP contribution in [0, 0.1) is 11.6 Å². The van der Waals surface area contributed by atoms with Crippen molar-refractivity contribution in [2.45, 2.75) is 0 Å². The number of amides is 1. The molecule has 0 unspecified atom stereocenters. The molecule has 0 fully saturated rings. The molecular weight excluding hydrogens is 384 g/mol. The average Bonchev–Trinajstić information content (AvgIpc) is 2.37. The number of nitrogens with one attached hydrogen (secondary N) is 1. The van der Waals surface area contributed by atoms with E-state index in [0.29, 0.717) is 10.2 Å². The Morgan fingerprint density at radius 3 is 2.32 bits per heavy atom. The molecule has 1 amide bonds. The van der Waals surface area contributed by atoms with Crippen LogP contribution in [-0.2, 0) is 0 Å². The van der Waals surface area contributed by atoms with Gasteiger partial charge in [0.05, 0.1) is 8.95 Å². The molecule has 0 heterocycles. The Balaban J connectivity index is 2.20. The van der Waals surface area contributed by atoms with Crippen molar-refractivity contribution in [3.8, 4) is 0 Å². The summed E-state index contributed by atoms with van der Waals surface area (Å²) in [5.74, 6) is -1.37. The van der Waals surface area contributed by atoms with Gasteiger partial charge in [-0.3, -0.25) is 4.79 Å². The minimum atomic E-state index is -0.474. The van der Waals surface area contributed by atoms with Crippen LogP contribution in [0.1, 0.15) is 10.4 Å². The zero-order chi connectivity index (χ0) is 14.0. The molecule has 19 heavy (non-hydrogen) atoms. The van der Waals surface area contributed by atoms with E-state index in [4.69, 9.17) is 0 Å². The first-order valence-corrected chi connectivity index (χ1v) is 6.77. The van der Waals surface area contributed by atoms with E-state index in [9.17, 15) is 13.6 Å². The van der Waals surface area contributed by atoms with E-state index < -0.39 is 17.5 Å². The van der Waals surface area contributed by atoms with Gasteiger partial charge in [0.1, 0.15) is 11.6 Å². The average molecular weight is 391 g/mol. The normalized spacial score (nSPS) is 10.3. The quantitative estimate of drug-likeness (QED) is 0.788. The summed E-state index contributed by atoms with van der Waals surface area (Å²) in [4.78, 5) is 11.9. The first-order chi connectivity index (χ1) is 8.97. The molecule has 0 saturated carbocycles. The van der Waals surface area contributed by atoms with Crippen molar-refractivity contribution in [1.82, 2.24) is 0 Å². The van der Waals surface area contributed by atoms with Crippen molar-refractivity contribution >= 4 is 43.5 Å².